The summed E-state index contributed by atoms with van der Waals surface area (Å²) in [4.78, 5) is 0. The highest BCUT2D eigenvalue weighted by Gasteiger charge is 2.30. The molecular weight excluding hydrogens is 180 g/mol. The van der Waals surface area contributed by atoms with Gasteiger partial charge in [0.1, 0.15) is 0 Å². The zero-order valence-electron chi connectivity index (χ0n) is 10.6. The smallest absolute Gasteiger partial charge is 0.0137 e. The Morgan fingerprint density at radius 3 is 2.73 bits per heavy atom. The Labute approximate surface area is 94.5 Å². The maximum atomic E-state index is 2.58. The molecule has 0 aliphatic heterocycles. The Kier molecular flexibility index (Phi) is 2.79. The van der Waals surface area contributed by atoms with E-state index in [1.807, 2.05) is 0 Å². The average Bonchev–Trinajstić information content (AvgIpc) is 2.44. The second-order valence-corrected chi connectivity index (χ2v) is 6.27. The van der Waals surface area contributed by atoms with Crippen LogP contribution in [0.25, 0.3) is 0 Å². The van der Waals surface area contributed by atoms with Crippen molar-refractivity contribution >= 4 is 0 Å². The van der Waals surface area contributed by atoms with E-state index >= 15 is 0 Å². The van der Waals surface area contributed by atoms with Gasteiger partial charge in [0, 0.05) is 0 Å². The van der Waals surface area contributed by atoms with Crippen LogP contribution in [-0.4, -0.2) is 0 Å². The highest BCUT2D eigenvalue weighted by atomic mass is 14.4. The fourth-order valence-corrected chi connectivity index (χ4v) is 3.09. The van der Waals surface area contributed by atoms with Crippen LogP contribution in [0.4, 0.5) is 0 Å². The molecule has 15 heavy (non-hydrogen) atoms. The van der Waals surface area contributed by atoms with Gasteiger partial charge in [-0.3, -0.25) is 0 Å². The van der Waals surface area contributed by atoms with Crippen LogP contribution in [0.15, 0.2) is 23.3 Å². The minimum absolute atomic E-state index is 0.369. The van der Waals surface area contributed by atoms with Gasteiger partial charge in [-0.2, -0.15) is 0 Å². The van der Waals surface area contributed by atoms with E-state index in [2.05, 4.69) is 39.8 Å². The van der Waals surface area contributed by atoms with E-state index in [9.17, 15) is 0 Å². The van der Waals surface area contributed by atoms with Gasteiger partial charge in [-0.25, -0.2) is 0 Å². The molecule has 0 heterocycles. The molecule has 2 aliphatic rings. The third-order valence-electron chi connectivity index (χ3n) is 4.09. The monoisotopic (exact) mass is 204 g/mol. The van der Waals surface area contributed by atoms with Gasteiger partial charge in [-0.05, 0) is 49.9 Å². The molecule has 0 aromatic rings. The molecule has 2 atom stereocenters. The number of hydrogen-bond acceptors (Lipinski definition) is 0. The molecule has 1 saturated carbocycles. The lowest BCUT2D eigenvalue weighted by Crippen LogP contribution is -2.13. The third-order valence-corrected chi connectivity index (χ3v) is 4.09. The second-order valence-electron chi connectivity index (χ2n) is 6.27. The molecule has 0 nitrogen and oxygen atoms in total. The van der Waals surface area contributed by atoms with Crippen LogP contribution in [-0.2, 0) is 0 Å². The second kappa shape index (κ2) is 3.81. The first-order chi connectivity index (χ1) is 6.98. The molecule has 2 rings (SSSR count). The largest absolute Gasteiger partial charge is 0.0847 e. The molecule has 0 aromatic heterocycles. The molecule has 2 aliphatic carbocycles. The molecule has 84 valence electrons. The fraction of sp³-hybridized carbons (Fsp3) is 0.733. The third kappa shape index (κ3) is 2.35. The van der Waals surface area contributed by atoms with E-state index in [1.54, 1.807) is 11.1 Å². The Bertz CT molecular complexity index is 304. The number of fused-ring (bicyclic) bond motifs is 1. The quantitative estimate of drug-likeness (QED) is 0.501. The summed E-state index contributed by atoms with van der Waals surface area (Å²) in [5, 5.41) is 0. The Hall–Kier alpha value is -0.520. The highest BCUT2D eigenvalue weighted by Crippen LogP contribution is 2.44. The fourth-order valence-electron chi connectivity index (χ4n) is 3.09. The van der Waals surface area contributed by atoms with Gasteiger partial charge >= 0.3 is 0 Å². The molecule has 0 heteroatoms. The summed E-state index contributed by atoms with van der Waals surface area (Å²) in [6.07, 6.45) is 10.4. The molecule has 0 unspecified atom stereocenters. The summed E-state index contributed by atoms with van der Waals surface area (Å²) in [5.41, 5.74) is 3.73. The predicted molar refractivity (Wildman–Crippen MR) is 66.7 cm³/mol. The van der Waals surface area contributed by atoms with Gasteiger partial charge in [0.05, 0.1) is 0 Å². The van der Waals surface area contributed by atoms with E-state index < -0.39 is 0 Å². The van der Waals surface area contributed by atoms with Gasteiger partial charge in [0.15, 0.2) is 0 Å². The van der Waals surface area contributed by atoms with Crippen LogP contribution in [0.5, 0.6) is 0 Å². The minimum atomic E-state index is 0.369. The molecule has 0 amide bonds. The van der Waals surface area contributed by atoms with Crippen LogP contribution < -0.4 is 0 Å². The van der Waals surface area contributed by atoms with Gasteiger partial charge in [0.2, 0.25) is 0 Å². The van der Waals surface area contributed by atoms with Crippen molar-refractivity contribution in [3.05, 3.63) is 23.3 Å². The summed E-state index contributed by atoms with van der Waals surface area (Å²) in [6, 6.07) is 0. The van der Waals surface area contributed by atoms with Crippen molar-refractivity contribution in [1.29, 1.82) is 0 Å². The first-order valence-electron chi connectivity index (χ1n) is 6.36. The van der Waals surface area contributed by atoms with Crippen LogP contribution in [0, 0.1) is 17.3 Å². The molecule has 0 N–H and O–H groups in total. The van der Waals surface area contributed by atoms with Crippen LogP contribution in [0.2, 0.25) is 0 Å². The lowest BCUT2D eigenvalue weighted by molar-refractivity contribution is 0.462. The van der Waals surface area contributed by atoms with Gasteiger partial charge < -0.3 is 0 Å². The van der Waals surface area contributed by atoms with Crippen molar-refractivity contribution in [2.75, 3.05) is 0 Å². The SMILES string of the molecule is C/C1=C/CC(C)(C)/C=C2\[C@@H](CC[C@@H]2C)C1. The van der Waals surface area contributed by atoms with Crippen LogP contribution >= 0.6 is 0 Å². The summed E-state index contributed by atoms with van der Waals surface area (Å²) < 4.78 is 0. The van der Waals surface area contributed by atoms with E-state index in [0.717, 1.165) is 11.8 Å². The van der Waals surface area contributed by atoms with E-state index in [1.165, 1.54) is 25.7 Å². The number of allylic oxidation sites excluding steroid dienone is 4. The highest BCUT2D eigenvalue weighted by molar-refractivity contribution is 5.23. The minimum Gasteiger partial charge on any atom is -0.0847 e. The molecule has 1 fully saturated rings. The lowest BCUT2D eigenvalue weighted by atomic mass is 9.79. The lowest BCUT2D eigenvalue weighted by Gasteiger charge is -2.27. The number of hydrogen-bond donors (Lipinski definition) is 0. The summed E-state index contributed by atoms with van der Waals surface area (Å²) in [6.45, 7) is 9.46. The number of rotatable bonds is 0. The standard InChI is InChI=1S/C15H24/c1-11-7-8-15(3,4)10-14-12(2)5-6-13(14)9-11/h7,10,12-13H,5-6,8-9H2,1-4H3/b11-7-,14-10-/t12-,13-/m0/s1. The zero-order chi connectivity index (χ0) is 11.1. The first kappa shape index (κ1) is 11.0. The Balaban J connectivity index is 2.32. The summed E-state index contributed by atoms with van der Waals surface area (Å²) >= 11 is 0. The van der Waals surface area contributed by atoms with Gasteiger partial charge in [0.25, 0.3) is 0 Å². The van der Waals surface area contributed by atoms with Crippen molar-refractivity contribution < 1.29 is 0 Å². The van der Waals surface area contributed by atoms with Crippen LogP contribution in [0.1, 0.15) is 53.4 Å². The maximum absolute atomic E-state index is 2.58. The van der Waals surface area contributed by atoms with E-state index in [0.29, 0.717) is 5.41 Å². The molecule has 0 saturated heterocycles. The average molecular weight is 204 g/mol. The zero-order valence-corrected chi connectivity index (χ0v) is 10.6. The van der Waals surface area contributed by atoms with Crippen molar-refractivity contribution in [1.82, 2.24) is 0 Å². The van der Waals surface area contributed by atoms with Crippen molar-refractivity contribution in [2.45, 2.75) is 53.4 Å². The van der Waals surface area contributed by atoms with Gasteiger partial charge in [-0.15, -0.1) is 0 Å². The molecular formula is C15H24. The predicted octanol–water partition coefficient (Wildman–Crippen LogP) is 4.73. The summed E-state index contributed by atoms with van der Waals surface area (Å²) in [5.74, 6) is 1.69. The molecule has 0 bridgehead atoms. The van der Waals surface area contributed by atoms with E-state index in [-0.39, 0.29) is 0 Å². The molecule has 0 aromatic carbocycles. The van der Waals surface area contributed by atoms with E-state index in [4.69, 9.17) is 0 Å². The topological polar surface area (TPSA) is 0 Å². The maximum Gasteiger partial charge on any atom is -0.0137 e. The first-order valence-corrected chi connectivity index (χ1v) is 6.36. The van der Waals surface area contributed by atoms with Crippen LogP contribution in [0.3, 0.4) is 0 Å². The molecule has 0 spiro atoms. The Morgan fingerprint density at radius 1 is 1.27 bits per heavy atom. The Morgan fingerprint density at radius 2 is 2.00 bits per heavy atom. The van der Waals surface area contributed by atoms with Gasteiger partial charge in [-0.1, -0.05) is 44.1 Å². The van der Waals surface area contributed by atoms with Crippen molar-refractivity contribution in [3.63, 3.8) is 0 Å². The summed E-state index contributed by atoms with van der Waals surface area (Å²) in [7, 11) is 0. The normalized spacial score (nSPS) is 41.9. The van der Waals surface area contributed by atoms with Crippen molar-refractivity contribution in [2.24, 2.45) is 17.3 Å². The molecule has 0 radical (unpaired) electrons. The van der Waals surface area contributed by atoms with Crippen molar-refractivity contribution in [3.8, 4) is 0 Å².